The van der Waals surface area contributed by atoms with E-state index in [0.717, 1.165) is 0 Å². The SMILES string of the molecule is [CH2-]C.[CH2-]C.[CH2-]C.[CH2-]C.[CH2-]C.[CH2-]C.[CH2-]C.[CH2-]C.[NH2-].[NH2-].[NH2-].[NH2-].[Ti+3].[Ti+3].[Ti+3].[Ti+3]. The van der Waals surface area contributed by atoms with Crippen LogP contribution in [0.5, 0.6) is 0 Å². The Morgan fingerprint density at radius 2 is 0.208 bits per heavy atom. The summed E-state index contributed by atoms with van der Waals surface area (Å²) in [6.07, 6.45) is 0. The molecule has 24 heavy (non-hydrogen) atoms. The molecule has 0 aromatic carbocycles. The van der Waals surface area contributed by atoms with Crippen molar-refractivity contribution in [2.45, 2.75) is 55.4 Å². The number of hydrogen-bond acceptors (Lipinski definition) is 0. The second-order valence-electron chi connectivity index (χ2n) is 0. The van der Waals surface area contributed by atoms with E-state index in [4.69, 9.17) is 0 Å². The molecule has 0 amide bonds. The van der Waals surface area contributed by atoms with Gasteiger partial charge in [0.1, 0.15) is 0 Å². The van der Waals surface area contributed by atoms with Gasteiger partial charge in [0, 0.05) is 0 Å². The molecular weight excluding hydrogens is 440 g/mol. The summed E-state index contributed by atoms with van der Waals surface area (Å²) in [5.74, 6) is 0. The zero-order valence-electron chi connectivity index (χ0n) is 18.0. The van der Waals surface area contributed by atoms with E-state index in [1.54, 1.807) is 55.4 Å². The second-order valence-corrected chi connectivity index (χ2v) is 0. The average Bonchev–Trinajstić information content (AvgIpc) is 2.54. The summed E-state index contributed by atoms with van der Waals surface area (Å²) in [7, 11) is 0. The second kappa shape index (κ2) is 2150. The molecule has 4 nitrogen and oxygen atoms in total. The van der Waals surface area contributed by atoms with Crippen molar-refractivity contribution >= 4 is 0 Å². The quantitative estimate of drug-likeness (QED) is 0.237. The molecular formula is C16H48N4Ti4. The van der Waals surface area contributed by atoms with Crippen molar-refractivity contribution in [2.75, 3.05) is 0 Å². The van der Waals surface area contributed by atoms with Crippen LogP contribution in [0.4, 0.5) is 0 Å². The summed E-state index contributed by atoms with van der Waals surface area (Å²) in [6, 6.07) is 0. The van der Waals surface area contributed by atoms with Gasteiger partial charge >= 0.3 is 86.9 Å². The van der Waals surface area contributed by atoms with Gasteiger partial charge in [-0.15, -0.1) is 0 Å². The molecule has 0 aromatic heterocycles. The molecule has 0 aromatic rings. The molecule has 0 fully saturated rings. The van der Waals surface area contributed by atoms with E-state index in [2.05, 4.69) is 55.4 Å². The topological polar surface area (TPSA) is 134 Å². The average molecular weight is 488 g/mol. The minimum absolute atomic E-state index is 0. The molecule has 148 valence electrons. The van der Waals surface area contributed by atoms with E-state index in [9.17, 15) is 0 Å². The molecule has 0 unspecified atom stereocenters. The van der Waals surface area contributed by atoms with Gasteiger partial charge in [0.05, 0.1) is 0 Å². The third kappa shape index (κ3) is 1910. The van der Waals surface area contributed by atoms with Gasteiger partial charge in [0.25, 0.3) is 0 Å². The zero-order chi connectivity index (χ0) is 16.0. The Morgan fingerprint density at radius 3 is 0.208 bits per heavy atom. The molecule has 0 rings (SSSR count). The van der Waals surface area contributed by atoms with Crippen molar-refractivity contribution < 1.29 is 86.9 Å². The van der Waals surface area contributed by atoms with Gasteiger partial charge in [-0.05, 0) is 0 Å². The first-order chi connectivity index (χ1) is 8.00. The van der Waals surface area contributed by atoms with Gasteiger partial charge in [0.2, 0.25) is 0 Å². The standard InChI is InChI=1S/8C2H5.4H2N.4Ti/c8*1-2;;;;;;;;/h8*1H2,2H3;4*1H2;;;;/q12*-1;4*+3. The van der Waals surface area contributed by atoms with Gasteiger partial charge in [-0.3, -0.25) is 0 Å². The maximum atomic E-state index is 3.25. The van der Waals surface area contributed by atoms with Gasteiger partial charge < -0.3 is 80.0 Å². The van der Waals surface area contributed by atoms with E-state index in [1.165, 1.54) is 0 Å². The predicted molar refractivity (Wildman–Crippen MR) is 109 cm³/mol. The summed E-state index contributed by atoms with van der Waals surface area (Å²) < 4.78 is 0. The molecule has 8 heteroatoms. The normalized spacial score (nSPS) is 2.00. The van der Waals surface area contributed by atoms with Crippen LogP contribution >= 0.6 is 0 Å². The summed E-state index contributed by atoms with van der Waals surface area (Å²) in [5.41, 5.74) is 0. The molecule has 0 heterocycles. The van der Waals surface area contributed by atoms with E-state index in [1.807, 2.05) is 0 Å². The smallest absolute Gasteiger partial charge is 0.693 e. The van der Waals surface area contributed by atoms with Crippen molar-refractivity contribution in [1.82, 2.24) is 0 Å². The number of rotatable bonds is 0. The fourth-order valence-electron chi connectivity index (χ4n) is 0. The summed E-state index contributed by atoms with van der Waals surface area (Å²) in [5, 5.41) is 0. The molecule has 0 atom stereocenters. The maximum absolute atomic E-state index is 3.25. The number of nitrogens with two attached hydrogens (primary N) is 4. The Labute approximate surface area is 220 Å². The molecule has 0 saturated carbocycles. The van der Waals surface area contributed by atoms with Gasteiger partial charge in [-0.2, -0.15) is 55.4 Å². The fourth-order valence-corrected chi connectivity index (χ4v) is 0. The van der Waals surface area contributed by atoms with Crippen molar-refractivity contribution in [1.29, 1.82) is 0 Å². The van der Waals surface area contributed by atoms with Crippen LogP contribution in [0.2, 0.25) is 0 Å². The molecule has 8 N–H and O–H groups in total. The molecule has 4 radical (unpaired) electrons. The first kappa shape index (κ1) is 154. The summed E-state index contributed by atoms with van der Waals surface area (Å²) >= 11 is 0. The molecule has 0 aliphatic carbocycles. The van der Waals surface area contributed by atoms with Crippen molar-refractivity contribution in [3.8, 4) is 0 Å². The third-order valence-electron chi connectivity index (χ3n) is 0. The van der Waals surface area contributed by atoms with E-state index in [-0.39, 0.29) is 111 Å². The van der Waals surface area contributed by atoms with Crippen LogP contribution in [0.3, 0.4) is 0 Å². The van der Waals surface area contributed by atoms with Crippen molar-refractivity contribution in [3.05, 3.63) is 80.0 Å². The molecule has 0 aliphatic rings. The minimum atomic E-state index is 0. The first-order valence-corrected chi connectivity index (χ1v) is 5.66. The Morgan fingerprint density at radius 1 is 0.208 bits per heavy atom. The summed E-state index contributed by atoms with van der Waals surface area (Å²) in [4.78, 5) is 0. The van der Waals surface area contributed by atoms with Crippen LogP contribution < -0.4 is 0 Å². The van der Waals surface area contributed by atoms with Crippen LogP contribution in [0.1, 0.15) is 55.4 Å². The Balaban J connectivity index is -0.00000000208. The van der Waals surface area contributed by atoms with Crippen LogP contribution in [0.15, 0.2) is 0 Å². The Hall–Kier alpha value is 2.70. The Bertz CT molecular complexity index is 30.0. The first-order valence-electron chi connectivity index (χ1n) is 5.66. The van der Waals surface area contributed by atoms with Gasteiger partial charge in [-0.25, -0.2) is 0 Å². The van der Waals surface area contributed by atoms with Crippen molar-refractivity contribution in [2.24, 2.45) is 0 Å². The van der Waals surface area contributed by atoms with E-state index >= 15 is 0 Å². The van der Waals surface area contributed by atoms with Crippen LogP contribution in [0.25, 0.3) is 24.6 Å². The van der Waals surface area contributed by atoms with E-state index < -0.39 is 0 Å². The molecule has 0 saturated heterocycles. The molecule has 0 spiro atoms. The molecule has 0 bridgehead atoms. The monoisotopic (exact) mass is 488 g/mol. The minimum Gasteiger partial charge on any atom is -0.693 e. The largest absolute Gasteiger partial charge is 3.00 e. The van der Waals surface area contributed by atoms with Crippen molar-refractivity contribution in [3.63, 3.8) is 0 Å². The summed E-state index contributed by atoms with van der Waals surface area (Å²) in [6.45, 7) is 40.0. The van der Waals surface area contributed by atoms with E-state index in [0.29, 0.717) is 0 Å². The zero-order valence-corrected chi connectivity index (χ0v) is 24.2. The third-order valence-corrected chi connectivity index (χ3v) is 0. The Kier molecular flexibility index (Phi) is 13800. The van der Waals surface area contributed by atoms with Gasteiger partial charge in [-0.1, -0.05) is 0 Å². The number of hydrogen-bond donors (Lipinski definition) is 0. The molecule has 0 aliphatic heterocycles. The fraction of sp³-hybridized carbons (Fsp3) is 0.500. The van der Waals surface area contributed by atoms with Crippen LogP contribution in [0, 0.1) is 55.4 Å². The van der Waals surface area contributed by atoms with Gasteiger partial charge in [0.15, 0.2) is 0 Å². The predicted octanol–water partition coefficient (Wildman–Crippen LogP) is 9.58. The maximum Gasteiger partial charge on any atom is 3.00 e. The van der Waals surface area contributed by atoms with Crippen LogP contribution in [-0.4, -0.2) is 0 Å². The van der Waals surface area contributed by atoms with Crippen LogP contribution in [-0.2, 0) is 86.9 Å².